The van der Waals surface area contributed by atoms with Crippen molar-refractivity contribution in [2.75, 3.05) is 6.54 Å². The first-order chi connectivity index (χ1) is 23.7. The van der Waals surface area contributed by atoms with Crippen LogP contribution in [0.5, 0.6) is 0 Å². The number of oxazole rings is 1. The third kappa shape index (κ3) is 4.95. The summed E-state index contributed by atoms with van der Waals surface area (Å²) in [4.78, 5) is 46.3. The van der Waals surface area contributed by atoms with Crippen LogP contribution in [0.3, 0.4) is 0 Å². The summed E-state index contributed by atoms with van der Waals surface area (Å²) < 4.78 is 40.7. The highest BCUT2D eigenvalue weighted by Crippen LogP contribution is 2.48. The molecular weight excluding hydrogens is 634 g/mol. The molecule has 0 aliphatic carbocycles. The molecule has 11 nitrogen and oxygen atoms in total. The predicted octanol–water partition coefficient (Wildman–Crippen LogP) is 5.83. The number of aromatic amines is 1. The standard InChI is InChI=1S/C36H26F2N6O5/c1-18(20-7-8-22(17-39)24(38)15-20)44-26-13-9-21(16-28(26)48-36(44)47)29-30(33-41-42-35(46)49-33)25(12-6-19-4-10-23(37)11-5-19)40-32-27-3-2-14-43(27)34(45)31(29)32/h4-5,7-11,13,15-16,18,27H,2-3,6,12,14H2,1H3,(H,42,46)/t18?,27-/m0/s1. The van der Waals surface area contributed by atoms with Gasteiger partial charge in [-0.25, -0.2) is 23.5 Å². The fraction of sp³-hybridized carbons (Fsp3) is 0.222. The highest BCUT2D eigenvalue weighted by molar-refractivity contribution is 6.08. The summed E-state index contributed by atoms with van der Waals surface area (Å²) >= 11 is 0. The van der Waals surface area contributed by atoms with Crippen molar-refractivity contribution >= 4 is 17.0 Å². The highest BCUT2D eigenvalue weighted by atomic mass is 19.1. The predicted molar refractivity (Wildman–Crippen MR) is 172 cm³/mol. The van der Waals surface area contributed by atoms with E-state index in [1.807, 2.05) is 0 Å². The molecule has 0 saturated carbocycles. The van der Waals surface area contributed by atoms with Gasteiger partial charge < -0.3 is 13.7 Å². The first kappa shape index (κ1) is 30.2. The molecule has 1 fully saturated rings. The molecule has 8 rings (SSSR count). The number of H-pyrrole nitrogens is 1. The second-order valence-corrected chi connectivity index (χ2v) is 12.2. The van der Waals surface area contributed by atoms with Gasteiger partial charge in [-0.1, -0.05) is 24.3 Å². The van der Waals surface area contributed by atoms with Crippen LogP contribution < -0.4 is 11.5 Å². The normalized spacial score (nSPS) is 15.8. The quantitative estimate of drug-likeness (QED) is 0.225. The molecule has 3 aromatic heterocycles. The maximum Gasteiger partial charge on any atom is 0.434 e. The Morgan fingerprint density at radius 2 is 1.82 bits per heavy atom. The molecule has 3 aromatic carbocycles. The molecule has 0 spiro atoms. The van der Waals surface area contributed by atoms with Crippen molar-refractivity contribution in [2.24, 2.45) is 0 Å². The first-order valence-electron chi connectivity index (χ1n) is 15.7. The van der Waals surface area contributed by atoms with Gasteiger partial charge in [0.1, 0.15) is 17.7 Å². The number of aromatic nitrogens is 4. The maximum absolute atomic E-state index is 14.5. The molecule has 5 heterocycles. The lowest BCUT2D eigenvalue weighted by Crippen LogP contribution is -2.23. The zero-order valence-electron chi connectivity index (χ0n) is 26.0. The van der Waals surface area contributed by atoms with Gasteiger partial charge in [0.2, 0.25) is 0 Å². The van der Waals surface area contributed by atoms with Crippen LogP contribution in [0.4, 0.5) is 8.78 Å². The molecule has 13 heteroatoms. The minimum absolute atomic E-state index is 0.0557. The smallest absolute Gasteiger partial charge is 0.408 e. The van der Waals surface area contributed by atoms with E-state index in [1.165, 1.54) is 28.8 Å². The number of halogens is 2. The van der Waals surface area contributed by atoms with Crippen molar-refractivity contribution in [3.63, 3.8) is 0 Å². The van der Waals surface area contributed by atoms with Crippen molar-refractivity contribution in [1.82, 2.24) is 24.6 Å². The van der Waals surface area contributed by atoms with E-state index in [0.29, 0.717) is 64.1 Å². The second kappa shape index (κ2) is 11.5. The monoisotopic (exact) mass is 660 g/mol. The van der Waals surface area contributed by atoms with Gasteiger partial charge in [-0.15, -0.1) is 5.10 Å². The number of pyridine rings is 1. The SMILES string of the molecule is CC(c1ccc(C#N)c(F)c1)n1c(=O)oc2cc(-c3c4c(nc(CCc5ccc(F)cc5)c3-c3n[nH]c(=O)o3)[C@@H]3CCCN3C4=O)ccc21. The molecule has 244 valence electrons. The molecule has 1 N–H and O–H groups in total. The van der Waals surface area contributed by atoms with Gasteiger partial charge in [-0.3, -0.25) is 14.3 Å². The van der Waals surface area contributed by atoms with Gasteiger partial charge in [-0.05, 0) is 85.7 Å². The summed E-state index contributed by atoms with van der Waals surface area (Å²) in [6.07, 6.45) is 2.40. The van der Waals surface area contributed by atoms with Crippen molar-refractivity contribution in [3.05, 3.63) is 127 Å². The van der Waals surface area contributed by atoms with E-state index < -0.39 is 23.4 Å². The summed E-state index contributed by atoms with van der Waals surface area (Å²) in [5.74, 6) is -2.78. The maximum atomic E-state index is 14.5. The molecular formula is C36H26F2N6O5. The number of nitrogens with zero attached hydrogens (tertiary/aromatic N) is 5. The number of fused-ring (bicyclic) bond motifs is 4. The van der Waals surface area contributed by atoms with Gasteiger partial charge in [0, 0.05) is 12.1 Å². The van der Waals surface area contributed by atoms with Gasteiger partial charge in [-0.2, -0.15) is 5.26 Å². The van der Waals surface area contributed by atoms with E-state index in [4.69, 9.17) is 19.1 Å². The van der Waals surface area contributed by atoms with E-state index in [9.17, 15) is 23.2 Å². The van der Waals surface area contributed by atoms with Crippen LogP contribution in [0.1, 0.15) is 70.3 Å². The Morgan fingerprint density at radius 1 is 1.00 bits per heavy atom. The molecule has 1 amide bonds. The lowest BCUT2D eigenvalue weighted by atomic mass is 9.89. The molecule has 2 aliphatic heterocycles. The molecule has 49 heavy (non-hydrogen) atoms. The molecule has 0 radical (unpaired) electrons. The zero-order chi connectivity index (χ0) is 34.0. The Bertz CT molecular complexity index is 2470. The van der Waals surface area contributed by atoms with Gasteiger partial charge in [0.15, 0.2) is 5.58 Å². The van der Waals surface area contributed by atoms with Crippen LogP contribution in [0.25, 0.3) is 33.7 Å². The third-order valence-corrected chi connectivity index (χ3v) is 9.44. The number of benzene rings is 3. The molecule has 2 atom stereocenters. The van der Waals surface area contributed by atoms with Crippen molar-refractivity contribution < 1.29 is 22.4 Å². The average molecular weight is 661 g/mol. The third-order valence-electron chi connectivity index (χ3n) is 9.44. The van der Waals surface area contributed by atoms with E-state index in [1.54, 1.807) is 54.3 Å². The topological polar surface area (TPSA) is 151 Å². The fourth-order valence-electron chi connectivity index (χ4n) is 7.09. The Labute approximate surface area is 276 Å². The zero-order valence-corrected chi connectivity index (χ0v) is 26.0. The number of hydrogen-bond donors (Lipinski definition) is 1. The lowest BCUT2D eigenvalue weighted by Gasteiger charge is -2.17. The summed E-state index contributed by atoms with van der Waals surface area (Å²) in [7, 11) is 0. The molecule has 2 aliphatic rings. The van der Waals surface area contributed by atoms with Gasteiger partial charge in [0.25, 0.3) is 11.8 Å². The van der Waals surface area contributed by atoms with Crippen LogP contribution in [0.2, 0.25) is 0 Å². The van der Waals surface area contributed by atoms with Crippen LogP contribution in [0.15, 0.2) is 79.1 Å². The summed E-state index contributed by atoms with van der Waals surface area (Å²) in [5, 5.41) is 15.6. The van der Waals surface area contributed by atoms with Crippen molar-refractivity contribution in [2.45, 2.75) is 44.7 Å². The Hall–Kier alpha value is -6.16. The Kier molecular flexibility index (Phi) is 7.10. The lowest BCUT2D eigenvalue weighted by molar-refractivity contribution is 0.0776. The number of aryl methyl sites for hydroxylation is 2. The van der Waals surface area contributed by atoms with Crippen molar-refractivity contribution in [3.8, 4) is 28.7 Å². The van der Waals surface area contributed by atoms with Gasteiger partial charge in [0.05, 0.1) is 45.7 Å². The Morgan fingerprint density at radius 3 is 2.55 bits per heavy atom. The van der Waals surface area contributed by atoms with E-state index in [0.717, 1.165) is 18.4 Å². The number of nitriles is 1. The number of amides is 1. The van der Waals surface area contributed by atoms with Crippen LogP contribution in [-0.4, -0.2) is 37.1 Å². The van der Waals surface area contributed by atoms with Crippen LogP contribution >= 0.6 is 0 Å². The highest BCUT2D eigenvalue weighted by Gasteiger charge is 2.44. The second-order valence-electron chi connectivity index (χ2n) is 12.2. The van der Waals surface area contributed by atoms with Crippen molar-refractivity contribution in [1.29, 1.82) is 5.26 Å². The summed E-state index contributed by atoms with van der Waals surface area (Å²) in [6, 6.07) is 16.3. The first-order valence-corrected chi connectivity index (χ1v) is 15.7. The number of carbonyl (C=O) groups is 1. The minimum atomic E-state index is -0.787. The van der Waals surface area contributed by atoms with E-state index in [-0.39, 0.29) is 34.8 Å². The van der Waals surface area contributed by atoms with E-state index >= 15 is 0 Å². The average Bonchev–Trinajstić information content (AvgIpc) is 3.88. The molecule has 0 bridgehead atoms. The minimum Gasteiger partial charge on any atom is -0.408 e. The number of carbonyl (C=O) groups excluding carboxylic acids is 1. The summed E-state index contributed by atoms with van der Waals surface area (Å²) in [6.45, 7) is 2.29. The Balaban J connectivity index is 1.31. The molecule has 1 unspecified atom stereocenters. The fourth-order valence-corrected chi connectivity index (χ4v) is 7.09. The van der Waals surface area contributed by atoms with Crippen LogP contribution in [-0.2, 0) is 12.8 Å². The van der Waals surface area contributed by atoms with E-state index in [2.05, 4.69) is 10.2 Å². The largest absolute Gasteiger partial charge is 0.434 e. The molecule has 1 saturated heterocycles. The molecule has 6 aromatic rings. The number of hydrogen-bond acceptors (Lipinski definition) is 8. The number of nitrogens with one attached hydrogen (secondary N) is 1. The van der Waals surface area contributed by atoms with Crippen LogP contribution in [0, 0.1) is 23.0 Å². The number of rotatable bonds is 7. The summed E-state index contributed by atoms with van der Waals surface area (Å²) in [5.41, 5.74) is 4.64. The van der Waals surface area contributed by atoms with Gasteiger partial charge >= 0.3 is 11.5 Å².